The van der Waals surface area contributed by atoms with Crippen LogP contribution in [0.25, 0.3) is 33.6 Å². The van der Waals surface area contributed by atoms with Crippen LogP contribution in [0.4, 0.5) is 5.69 Å². The summed E-state index contributed by atoms with van der Waals surface area (Å²) in [6.07, 6.45) is 2.29. The van der Waals surface area contributed by atoms with E-state index in [9.17, 15) is 31.3 Å². The molecule has 4 rings (SSSR count). The van der Waals surface area contributed by atoms with Gasteiger partial charge in [-0.1, -0.05) is 0 Å². The minimum Gasteiger partial charge on any atom is -0.476 e. The summed E-state index contributed by atoms with van der Waals surface area (Å²) in [4.78, 5) is 17.9. The number of benzene rings is 2. The number of nitrogens with one attached hydrogen (secondary N) is 1. The maximum Gasteiger partial charge on any atom is 0.356 e. The molecule has 0 bridgehead atoms. The van der Waals surface area contributed by atoms with Crippen LogP contribution in [0, 0.1) is 5.41 Å². The summed E-state index contributed by atoms with van der Waals surface area (Å²) in [5, 5.41) is 22.2. The molecule has 15 heteroatoms. The lowest BCUT2D eigenvalue weighted by atomic mass is 9.95. The number of anilines is 1. The third kappa shape index (κ3) is 3.58. The fraction of sp³-hybridized carbons (Fsp3) is 0. The van der Waals surface area contributed by atoms with Crippen molar-refractivity contribution in [3.05, 3.63) is 47.7 Å². The van der Waals surface area contributed by atoms with E-state index in [2.05, 4.69) is 9.97 Å². The molecule has 0 amide bonds. The summed E-state index contributed by atoms with van der Waals surface area (Å²) in [5.74, 6) is -2.04. The molecule has 170 valence electrons. The number of carboxylic acid groups (broad SMARTS) is 1. The number of rotatable bonds is 4. The Bertz CT molecular complexity index is 1730. The summed E-state index contributed by atoms with van der Waals surface area (Å²) in [7, 11) is -9.60. The van der Waals surface area contributed by atoms with Gasteiger partial charge in [-0.25, -0.2) is 23.3 Å². The summed E-state index contributed by atoms with van der Waals surface area (Å²) < 4.78 is 64.0. The normalized spacial score (nSPS) is 12.3. The van der Waals surface area contributed by atoms with Gasteiger partial charge in [0.1, 0.15) is 10.6 Å². The number of carbonyl (C=O) groups is 1. The molecule has 33 heavy (non-hydrogen) atoms. The average molecular weight is 491 g/mol. The fourth-order valence-corrected chi connectivity index (χ4v) is 5.00. The van der Waals surface area contributed by atoms with Gasteiger partial charge >= 0.3 is 5.97 Å². The quantitative estimate of drug-likeness (QED) is 0.151. The number of nitrogens with zero attached hydrogens (tertiary/aromatic N) is 2. The zero-order valence-electron chi connectivity index (χ0n) is 16.2. The van der Waals surface area contributed by atoms with Crippen LogP contribution in [-0.4, -0.2) is 42.4 Å². The van der Waals surface area contributed by atoms with Gasteiger partial charge in [-0.3, -0.25) is 14.9 Å². The number of sulfonamides is 1. The first kappa shape index (κ1) is 22.3. The third-order valence-electron chi connectivity index (χ3n) is 4.68. The highest BCUT2D eigenvalue weighted by atomic mass is 32.2. The lowest BCUT2D eigenvalue weighted by molar-refractivity contribution is 0.0691. The number of primary sulfonamides is 1. The SMILES string of the molecule is N=c1ccc2c(-c3nccnc3C(=O)O)c3ccc(N)c(S(=O)(=O)O)c3oc-2c1S(N)(=O)=O. The lowest BCUT2D eigenvalue weighted by Gasteiger charge is -2.19. The number of aromatic carboxylic acids is 1. The number of hydrogen-bond donors (Lipinski definition) is 5. The number of fused-ring (bicyclic) bond motifs is 2. The third-order valence-corrected chi connectivity index (χ3v) is 6.59. The van der Waals surface area contributed by atoms with Gasteiger partial charge in [0.25, 0.3) is 10.1 Å². The first-order valence-electron chi connectivity index (χ1n) is 8.74. The Hall–Kier alpha value is -3.92. The van der Waals surface area contributed by atoms with Crippen molar-refractivity contribution in [1.82, 2.24) is 9.97 Å². The molecule has 1 aromatic carbocycles. The lowest BCUT2D eigenvalue weighted by Crippen LogP contribution is -2.23. The van der Waals surface area contributed by atoms with Crippen molar-refractivity contribution in [2.45, 2.75) is 9.79 Å². The number of nitrogen functional groups attached to an aromatic ring is 1. The Balaban J connectivity index is 2.40. The highest BCUT2D eigenvalue weighted by Gasteiger charge is 2.31. The second-order valence-corrected chi connectivity index (χ2v) is 9.59. The molecule has 0 unspecified atom stereocenters. The van der Waals surface area contributed by atoms with Crippen LogP contribution in [0.3, 0.4) is 0 Å². The summed E-state index contributed by atoms with van der Waals surface area (Å²) in [6, 6.07) is 4.76. The molecule has 1 aliphatic heterocycles. The maximum absolute atomic E-state index is 12.3. The average Bonchev–Trinajstić information content (AvgIpc) is 2.69. The Morgan fingerprint density at radius 3 is 2.30 bits per heavy atom. The first-order chi connectivity index (χ1) is 15.3. The summed E-state index contributed by atoms with van der Waals surface area (Å²) >= 11 is 0. The van der Waals surface area contributed by atoms with Crippen molar-refractivity contribution in [2.24, 2.45) is 5.14 Å². The van der Waals surface area contributed by atoms with Crippen LogP contribution >= 0.6 is 0 Å². The van der Waals surface area contributed by atoms with Gasteiger partial charge in [0.2, 0.25) is 10.0 Å². The van der Waals surface area contributed by atoms with E-state index in [0.717, 1.165) is 18.3 Å². The van der Waals surface area contributed by atoms with Crippen molar-refractivity contribution in [2.75, 3.05) is 5.73 Å². The second kappa shape index (κ2) is 7.31. The number of aromatic nitrogens is 2. The van der Waals surface area contributed by atoms with E-state index in [-0.39, 0.29) is 22.2 Å². The molecular weight excluding hydrogens is 478 g/mol. The number of carboxylic acids is 1. The monoisotopic (exact) mass is 491 g/mol. The minimum absolute atomic E-state index is 0.0587. The van der Waals surface area contributed by atoms with Gasteiger partial charge in [-0.2, -0.15) is 8.42 Å². The molecule has 0 atom stereocenters. The molecular formula is C18H13N5O8S2. The van der Waals surface area contributed by atoms with Gasteiger partial charge in [0.15, 0.2) is 21.9 Å². The van der Waals surface area contributed by atoms with Crippen molar-refractivity contribution in [1.29, 1.82) is 5.41 Å². The van der Waals surface area contributed by atoms with Crippen LogP contribution in [0.2, 0.25) is 0 Å². The predicted octanol–water partition coefficient (Wildman–Crippen LogP) is 0.649. The Kier molecular flexibility index (Phi) is 4.93. The van der Waals surface area contributed by atoms with Gasteiger partial charge < -0.3 is 15.3 Å². The van der Waals surface area contributed by atoms with Crippen molar-refractivity contribution < 1.29 is 35.7 Å². The van der Waals surface area contributed by atoms with E-state index in [1.807, 2.05) is 0 Å². The Morgan fingerprint density at radius 2 is 1.70 bits per heavy atom. The molecule has 0 fully saturated rings. The van der Waals surface area contributed by atoms with Crippen molar-refractivity contribution in [3.63, 3.8) is 0 Å². The van der Waals surface area contributed by atoms with Crippen molar-refractivity contribution in [3.8, 4) is 22.6 Å². The highest BCUT2D eigenvalue weighted by Crippen LogP contribution is 2.44. The Morgan fingerprint density at radius 1 is 1.03 bits per heavy atom. The van der Waals surface area contributed by atoms with E-state index in [1.165, 1.54) is 18.3 Å². The van der Waals surface area contributed by atoms with Crippen LogP contribution < -0.4 is 16.2 Å². The van der Waals surface area contributed by atoms with Gasteiger partial charge in [0, 0.05) is 28.9 Å². The molecule has 0 spiro atoms. The number of nitrogens with two attached hydrogens (primary N) is 2. The second-order valence-electron chi connectivity index (χ2n) is 6.74. The first-order valence-corrected chi connectivity index (χ1v) is 11.7. The van der Waals surface area contributed by atoms with E-state index in [4.69, 9.17) is 20.7 Å². The molecule has 0 radical (unpaired) electrons. The molecule has 2 aliphatic rings. The molecule has 0 saturated heterocycles. The Labute approximate surface area is 185 Å². The van der Waals surface area contributed by atoms with Crippen LogP contribution in [-0.2, 0) is 20.1 Å². The van der Waals surface area contributed by atoms with Gasteiger partial charge in [-0.05, 0) is 24.3 Å². The highest BCUT2D eigenvalue weighted by molar-refractivity contribution is 7.89. The standard InChI is InChI=1S/C18H13N5O8S2/c19-9-3-1-7-11(12-13(18(24)25)23-6-5-22-12)8-2-4-10(20)17(33(28,29)30)15(8)31-14(7)16(9)32(21,26)27/h1-6,19H,20H2,(H,24,25)(H2,21,26,27)(H,28,29,30). The van der Waals surface area contributed by atoms with Crippen molar-refractivity contribution >= 4 is 42.8 Å². The largest absolute Gasteiger partial charge is 0.476 e. The van der Waals surface area contributed by atoms with Gasteiger partial charge in [-0.15, -0.1) is 0 Å². The molecule has 7 N–H and O–H groups in total. The topological polar surface area (TPSA) is 241 Å². The fourth-order valence-electron chi connectivity index (χ4n) is 3.47. The van der Waals surface area contributed by atoms with E-state index < -0.39 is 64.0 Å². The zero-order valence-corrected chi connectivity index (χ0v) is 17.8. The minimum atomic E-state index is -5.01. The molecule has 1 aliphatic carbocycles. The summed E-state index contributed by atoms with van der Waals surface area (Å²) in [5.41, 5.74) is 3.75. The smallest absolute Gasteiger partial charge is 0.356 e. The molecule has 2 aromatic rings. The van der Waals surface area contributed by atoms with E-state index in [0.29, 0.717) is 0 Å². The molecule has 0 saturated carbocycles. The van der Waals surface area contributed by atoms with E-state index in [1.54, 1.807) is 0 Å². The molecule has 13 nitrogen and oxygen atoms in total. The van der Waals surface area contributed by atoms with Crippen LogP contribution in [0.5, 0.6) is 0 Å². The van der Waals surface area contributed by atoms with Crippen LogP contribution in [0.15, 0.2) is 50.9 Å². The van der Waals surface area contributed by atoms with E-state index >= 15 is 0 Å². The molecule has 2 heterocycles. The zero-order chi connectivity index (χ0) is 24.3. The predicted molar refractivity (Wildman–Crippen MR) is 112 cm³/mol. The van der Waals surface area contributed by atoms with Gasteiger partial charge in [0.05, 0.1) is 11.0 Å². The maximum atomic E-state index is 12.3. The molecule has 1 aromatic heterocycles. The number of hydrogen-bond acceptors (Lipinski definition) is 10. The summed E-state index contributed by atoms with van der Waals surface area (Å²) in [6.45, 7) is 0. The van der Waals surface area contributed by atoms with Crippen LogP contribution in [0.1, 0.15) is 10.5 Å².